The zero-order valence-electron chi connectivity index (χ0n) is 17.1. The minimum absolute atomic E-state index is 0.176. The van der Waals surface area contributed by atoms with Crippen LogP contribution in [0.1, 0.15) is 33.6 Å². The smallest absolute Gasteiger partial charge is 0.261 e. The normalized spacial score (nSPS) is 17.7. The molecule has 2 aromatic carbocycles. The first-order valence-electron chi connectivity index (χ1n) is 10.5. The van der Waals surface area contributed by atoms with Gasteiger partial charge in [0.05, 0.1) is 16.6 Å². The predicted molar refractivity (Wildman–Crippen MR) is 115 cm³/mol. The van der Waals surface area contributed by atoms with Crippen molar-refractivity contribution in [2.75, 3.05) is 26.2 Å². The summed E-state index contributed by atoms with van der Waals surface area (Å²) in [7, 11) is 2.04. The Labute approximate surface area is 175 Å². The molecule has 0 bridgehead atoms. The third kappa shape index (κ3) is 3.27. The van der Waals surface area contributed by atoms with E-state index >= 15 is 0 Å². The van der Waals surface area contributed by atoms with E-state index in [-0.39, 0.29) is 17.9 Å². The minimum Gasteiger partial charge on any atom is -0.490 e. The van der Waals surface area contributed by atoms with Crippen molar-refractivity contribution in [1.82, 2.24) is 14.4 Å². The number of fused-ring (bicyclic) bond motifs is 2. The maximum Gasteiger partial charge on any atom is 0.261 e. The summed E-state index contributed by atoms with van der Waals surface area (Å²) in [5.74, 6) is 0.590. The van der Waals surface area contributed by atoms with Crippen molar-refractivity contribution in [2.45, 2.75) is 18.9 Å². The summed E-state index contributed by atoms with van der Waals surface area (Å²) < 4.78 is 8.43. The van der Waals surface area contributed by atoms with E-state index in [9.17, 15) is 9.59 Å². The van der Waals surface area contributed by atoms with E-state index in [2.05, 4.69) is 27.8 Å². The summed E-state index contributed by atoms with van der Waals surface area (Å²) in [6.07, 6.45) is 4.11. The number of likely N-dealkylation sites (tertiary alicyclic amines) is 1. The number of rotatable bonds is 5. The number of nitrogens with zero attached hydrogens (tertiary/aromatic N) is 3. The Bertz CT molecular complexity index is 1080. The number of hydrogen-bond acceptors (Lipinski definition) is 4. The monoisotopic (exact) mass is 403 g/mol. The fourth-order valence-electron chi connectivity index (χ4n) is 4.49. The van der Waals surface area contributed by atoms with Crippen molar-refractivity contribution in [3.63, 3.8) is 0 Å². The standard InChI is InChI=1S/C24H25N3O3/c1-25-12-11-20-21(25)7-4-8-22(20)30-17-9-13-26(14-10-17)15-16-27-23(28)18-5-2-3-6-19(18)24(27)29/h2-8,11-12,17H,9-10,13-16H2,1H3. The molecule has 0 radical (unpaired) electrons. The third-order valence-corrected chi connectivity index (χ3v) is 6.23. The second-order valence-electron chi connectivity index (χ2n) is 8.08. The first-order chi connectivity index (χ1) is 14.6. The molecule has 154 valence electrons. The summed E-state index contributed by atoms with van der Waals surface area (Å²) in [5.41, 5.74) is 2.21. The SMILES string of the molecule is Cn1ccc2c(OC3CCN(CCN4C(=O)c5ccccc5C4=O)CC3)cccc21. The molecule has 6 nitrogen and oxygen atoms in total. The molecule has 6 heteroatoms. The molecule has 0 spiro atoms. The maximum atomic E-state index is 12.5. The number of amides is 2. The number of carbonyl (C=O) groups is 2. The number of ether oxygens (including phenoxy) is 1. The lowest BCUT2D eigenvalue weighted by Gasteiger charge is -2.33. The van der Waals surface area contributed by atoms with Crippen LogP contribution >= 0.6 is 0 Å². The molecule has 1 fully saturated rings. The van der Waals surface area contributed by atoms with Gasteiger partial charge in [-0.3, -0.25) is 14.5 Å². The molecule has 30 heavy (non-hydrogen) atoms. The zero-order chi connectivity index (χ0) is 20.7. The van der Waals surface area contributed by atoms with Gasteiger partial charge in [0.2, 0.25) is 0 Å². The number of aryl methyl sites for hydroxylation is 1. The van der Waals surface area contributed by atoms with E-state index in [0.717, 1.165) is 37.1 Å². The Balaban J connectivity index is 1.15. The molecule has 2 amide bonds. The number of aromatic nitrogens is 1. The predicted octanol–water partition coefficient (Wildman–Crippen LogP) is 3.32. The number of benzene rings is 2. The number of piperidine rings is 1. The van der Waals surface area contributed by atoms with Crippen molar-refractivity contribution in [3.8, 4) is 5.75 Å². The van der Waals surface area contributed by atoms with Crippen LogP contribution in [0.5, 0.6) is 5.75 Å². The van der Waals surface area contributed by atoms with Gasteiger partial charge in [-0.1, -0.05) is 18.2 Å². The molecule has 3 aromatic rings. The Hall–Kier alpha value is -3.12. The van der Waals surface area contributed by atoms with Gasteiger partial charge < -0.3 is 14.2 Å². The van der Waals surface area contributed by atoms with Crippen molar-refractivity contribution in [3.05, 3.63) is 65.9 Å². The van der Waals surface area contributed by atoms with E-state index in [0.29, 0.717) is 24.2 Å². The summed E-state index contributed by atoms with van der Waals surface area (Å²) in [6, 6.07) is 15.3. The molecule has 5 rings (SSSR count). The van der Waals surface area contributed by atoms with Gasteiger partial charge in [-0.25, -0.2) is 0 Å². The molecule has 2 aliphatic rings. The van der Waals surface area contributed by atoms with Crippen LogP contribution in [0.4, 0.5) is 0 Å². The van der Waals surface area contributed by atoms with Crippen molar-refractivity contribution in [2.24, 2.45) is 7.05 Å². The van der Waals surface area contributed by atoms with Crippen molar-refractivity contribution in [1.29, 1.82) is 0 Å². The zero-order valence-corrected chi connectivity index (χ0v) is 17.1. The van der Waals surface area contributed by atoms with Crippen LogP contribution in [-0.2, 0) is 7.05 Å². The van der Waals surface area contributed by atoms with Gasteiger partial charge in [0.1, 0.15) is 11.9 Å². The highest BCUT2D eigenvalue weighted by Crippen LogP contribution is 2.29. The first kappa shape index (κ1) is 18.9. The molecule has 0 unspecified atom stereocenters. The number of carbonyl (C=O) groups excluding carboxylic acids is 2. The molecular weight excluding hydrogens is 378 g/mol. The van der Waals surface area contributed by atoms with E-state index in [4.69, 9.17) is 4.74 Å². The van der Waals surface area contributed by atoms with E-state index < -0.39 is 0 Å². The molecule has 1 aromatic heterocycles. The molecule has 0 aliphatic carbocycles. The first-order valence-corrected chi connectivity index (χ1v) is 10.5. The maximum absolute atomic E-state index is 12.5. The van der Waals surface area contributed by atoms with Gasteiger partial charge in [0.15, 0.2) is 0 Å². The van der Waals surface area contributed by atoms with Gasteiger partial charge in [-0.15, -0.1) is 0 Å². The van der Waals surface area contributed by atoms with Crippen LogP contribution in [0.2, 0.25) is 0 Å². The third-order valence-electron chi connectivity index (χ3n) is 6.23. The van der Waals surface area contributed by atoms with Gasteiger partial charge in [0, 0.05) is 44.8 Å². The quantitative estimate of drug-likeness (QED) is 0.614. The molecule has 0 saturated carbocycles. The molecule has 2 aliphatic heterocycles. The molecule has 0 atom stereocenters. The molecule has 3 heterocycles. The van der Waals surface area contributed by atoms with Crippen LogP contribution in [0.15, 0.2) is 54.7 Å². The summed E-state index contributed by atoms with van der Waals surface area (Å²) in [5, 5.41) is 1.15. The molecule has 0 N–H and O–H groups in total. The summed E-state index contributed by atoms with van der Waals surface area (Å²) in [4.78, 5) is 28.7. The topological polar surface area (TPSA) is 54.8 Å². The summed E-state index contributed by atoms with van der Waals surface area (Å²) in [6.45, 7) is 2.94. The average molecular weight is 403 g/mol. The van der Waals surface area contributed by atoms with Gasteiger partial charge in [-0.2, -0.15) is 0 Å². The minimum atomic E-state index is -0.176. The Morgan fingerprint density at radius 1 is 0.900 bits per heavy atom. The average Bonchev–Trinajstić information content (AvgIpc) is 3.27. The molecular formula is C24H25N3O3. The van der Waals surface area contributed by atoms with Gasteiger partial charge in [0.25, 0.3) is 11.8 Å². The second-order valence-corrected chi connectivity index (χ2v) is 8.08. The highest BCUT2D eigenvalue weighted by atomic mass is 16.5. The Morgan fingerprint density at radius 2 is 1.60 bits per heavy atom. The lowest BCUT2D eigenvalue weighted by molar-refractivity contribution is 0.0600. The highest BCUT2D eigenvalue weighted by molar-refractivity contribution is 6.21. The van der Waals surface area contributed by atoms with Crippen LogP contribution in [0, 0.1) is 0 Å². The van der Waals surface area contributed by atoms with Crippen LogP contribution in [0.25, 0.3) is 10.9 Å². The van der Waals surface area contributed by atoms with Crippen molar-refractivity contribution < 1.29 is 14.3 Å². The van der Waals surface area contributed by atoms with Crippen LogP contribution in [-0.4, -0.2) is 58.5 Å². The summed E-state index contributed by atoms with van der Waals surface area (Å²) >= 11 is 0. The Kier molecular flexibility index (Phi) is 4.79. The number of imide groups is 1. The lowest BCUT2D eigenvalue weighted by Crippen LogP contribution is -2.43. The van der Waals surface area contributed by atoms with Crippen LogP contribution in [0.3, 0.4) is 0 Å². The largest absolute Gasteiger partial charge is 0.490 e. The second kappa shape index (κ2) is 7.61. The van der Waals surface area contributed by atoms with E-state index in [1.165, 1.54) is 10.4 Å². The highest BCUT2D eigenvalue weighted by Gasteiger charge is 2.35. The fraction of sp³-hybridized carbons (Fsp3) is 0.333. The molecule has 1 saturated heterocycles. The van der Waals surface area contributed by atoms with Crippen LogP contribution < -0.4 is 4.74 Å². The number of hydrogen-bond donors (Lipinski definition) is 0. The van der Waals surface area contributed by atoms with E-state index in [1.807, 2.05) is 19.2 Å². The fourth-order valence-corrected chi connectivity index (χ4v) is 4.49. The van der Waals surface area contributed by atoms with Gasteiger partial charge >= 0.3 is 0 Å². The van der Waals surface area contributed by atoms with Gasteiger partial charge in [-0.05, 0) is 43.2 Å². The van der Waals surface area contributed by atoms with E-state index in [1.54, 1.807) is 24.3 Å². The lowest BCUT2D eigenvalue weighted by atomic mass is 10.1. The Morgan fingerprint density at radius 3 is 2.30 bits per heavy atom. The van der Waals surface area contributed by atoms with Crippen molar-refractivity contribution >= 4 is 22.7 Å².